The number of amides is 2. The van der Waals surface area contributed by atoms with Gasteiger partial charge in [-0.2, -0.15) is 0 Å². The zero-order valence-corrected chi connectivity index (χ0v) is 20.7. The number of nitrogens with one attached hydrogen (secondary N) is 2. The fourth-order valence-corrected chi connectivity index (χ4v) is 3.77. The van der Waals surface area contributed by atoms with Gasteiger partial charge in [-0.3, -0.25) is 9.59 Å². The molecule has 3 rings (SSSR count). The number of thiazole rings is 1. The summed E-state index contributed by atoms with van der Waals surface area (Å²) in [6.07, 6.45) is -4.21. The van der Waals surface area contributed by atoms with Crippen molar-refractivity contribution in [2.75, 3.05) is 27.4 Å². The van der Waals surface area contributed by atoms with E-state index in [9.17, 15) is 22.8 Å². The summed E-state index contributed by atoms with van der Waals surface area (Å²) in [4.78, 5) is 28.6. The highest BCUT2D eigenvalue weighted by molar-refractivity contribution is 7.09. The molecule has 2 N–H and O–H groups in total. The molecule has 1 heterocycles. The minimum absolute atomic E-state index is 0.0874. The quantitative estimate of drug-likeness (QED) is 0.361. The second kappa shape index (κ2) is 12.8. The van der Waals surface area contributed by atoms with E-state index in [4.69, 9.17) is 14.2 Å². The Bertz CT molecular complexity index is 1200. The Labute approximate surface area is 214 Å². The Kier molecular flexibility index (Phi) is 9.55. The number of halogens is 3. The van der Waals surface area contributed by atoms with Gasteiger partial charge in [0.15, 0.2) is 18.1 Å². The molecule has 0 unspecified atom stereocenters. The van der Waals surface area contributed by atoms with E-state index in [0.717, 1.165) is 17.7 Å². The predicted octanol–water partition coefficient (Wildman–Crippen LogP) is 3.73. The van der Waals surface area contributed by atoms with E-state index < -0.39 is 18.0 Å². The lowest BCUT2D eigenvalue weighted by atomic mass is 10.1. The van der Waals surface area contributed by atoms with Gasteiger partial charge in [0, 0.05) is 11.9 Å². The van der Waals surface area contributed by atoms with E-state index in [1.165, 1.54) is 23.5 Å². The molecule has 13 heteroatoms. The van der Waals surface area contributed by atoms with Crippen molar-refractivity contribution in [2.45, 2.75) is 19.3 Å². The van der Waals surface area contributed by atoms with E-state index in [1.54, 1.807) is 25.7 Å². The van der Waals surface area contributed by atoms with E-state index >= 15 is 0 Å². The third-order valence-electron chi connectivity index (χ3n) is 4.80. The smallest absolute Gasteiger partial charge is 0.493 e. The number of aromatic nitrogens is 1. The number of ether oxygens (including phenoxy) is 4. The largest absolute Gasteiger partial charge is 0.573 e. The minimum atomic E-state index is -4.79. The molecule has 9 nitrogen and oxygen atoms in total. The Morgan fingerprint density at radius 3 is 2.35 bits per heavy atom. The van der Waals surface area contributed by atoms with E-state index in [-0.39, 0.29) is 30.5 Å². The van der Waals surface area contributed by atoms with E-state index in [2.05, 4.69) is 20.4 Å². The summed E-state index contributed by atoms with van der Waals surface area (Å²) < 4.78 is 56.1. The molecule has 0 saturated carbocycles. The molecule has 0 fully saturated rings. The van der Waals surface area contributed by atoms with Crippen LogP contribution in [0.4, 0.5) is 13.2 Å². The molecule has 37 heavy (non-hydrogen) atoms. The Balaban J connectivity index is 1.39. The van der Waals surface area contributed by atoms with Gasteiger partial charge in [-0.15, -0.1) is 24.5 Å². The SMILES string of the molecule is COc1ccc(CCNC(=O)c2csc(CNC(=O)COc3ccc(OC(F)(F)F)cc3)n2)cc1OC. The highest BCUT2D eigenvalue weighted by Gasteiger charge is 2.31. The highest BCUT2D eigenvalue weighted by atomic mass is 32.1. The van der Waals surface area contributed by atoms with Gasteiger partial charge in [0.05, 0.1) is 20.8 Å². The summed E-state index contributed by atoms with van der Waals surface area (Å²) in [5.74, 6) is 0.232. The number of hydrogen-bond donors (Lipinski definition) is 2. The first-order chi connectivity index (χ1) is 17.7. The molecule has 0 aliphatic rings. The molecule has 0 radical (unpaired) electrons. The van der Waals surface area contributed by atoms with Crippen molar-refractivity contribution >= 4 is 23.2 Å². The van der Waals surface area contributed by atoms with Crippen LogP contribution in [0.5, 0.6) is 23.0 Å². The average molecular weight is 540 g/mol. The summed E-state index contributed by atoms with van der Waals surface area (Å²) in [6, 6.07) is 10.2. The van der Waals surface area contributed by atoms with Crippen molar-refractivity contribution in [1.82, 2.24) is 15.6 Å². The fraction of sp³-hybridized carbons (Fsp3) is 0.292. The van der Waals surface area contributed by atoms with Crippen molar-refractivity contribution < 1.29 is 41.7 Å². The maximum Gasteiger partial charge on any atom is 0.573 e. The predicted molar refractivity (Wildman–Crippen MR) is 128 cm³/mol. The standard InChI is InChI=1S/C24H24F3N3O6S/c1-33-19-8-3-15(11-20(19)34-2)9-10-28-23(32)18-14-37-22(30-18)12-29-21(31)13-35-16-4-6-17(7-5-16)36-24(25,26)27/h3-8,11,14H,9-10,12-13H2,1-2H3,(H,28,32)(H,29,31). The van der Waals surface area contributed by atoms with E-state index in [0.29, 0.717) is 29.5 Å². The maximum absolute atomic E-state index is 12.4. The van der Waals surface area contributed by atoms with Gasteiger partial charge in [-0.1, -0.05) is 6.07 Å². The first-order valence-electron chi connectivity index (χ1n) is 10.9. The first-order valence-corrected chi connectivity index (χ1v) is 11.7. The molecule has 0 aliphatic heterocycles. The molecule has 0 bridgehead atoms. The zero-order valence-electron chi connectivity index (χ0n) is 19.9. The van der Waals surface area contributed by atoms with Crippen LogP contribution in [0.15, 0.2) is 47.8 Å². The van der Waals surface area contributed by atoms with Crippen LogP contribution in [0.3, 0.4) is 0 Å². The van der Waals surface area contributed by atoms with Gasteiger partial charge in [-0.25, -0.2) is 4.98 Å². The maximum atomic E-state index is 12.4. The lowest BCUT2D eigenvalue weighted by Crippen LogP contribution is -2.28. The van der Waals surface area contributed by atoms with Gasteiger partial charge in [0.25, 0.3) is 11.8 Å². The summed E-state index contributed by atoms with van der Waals surface area (Å²) in [7, 11) is 3.11. The van der Waals surface area contributed by atoms with Crippen molar-refractivity contribution in [3.8, 4) is 23.0 Å². The fourth-order valence-electron chi connectivity index (χ4n) is 3.06. The first kappa shape index (κ1) is 27.6. The zero-order chi connectivity index (χ0) is 26.8. The lowest BCUT2D eigenvalue weighted by molar-refractivity contribution is -0.274. The van der Waals surface area contributed by atoms with Crippen LogP contribution in [0, 0.1) is 0 Å². The number of hydrogen-bond acceptors (Lipinski definition) is 8. The molecule has 3 aromatic rings. The van der Waals surface area contributed by atoms with Crippen LogP contribution < -0.4 is 29.6 Å². The lowest BCUT2D eigenvalue weighted by Gasteiger charge is -2.10. The normalized spacial score (nSPS) is 10.9. The van der Waals surface area contributed by atoms with Gasteiger partial charge < -0.3 is 29.6 Å². The number of carbonyl (C=O) groups excluding carboxylic acids is 2. The topological polar surface area (TPSA) is 108 Å². The van der Waals surface area contributed by atoms with Crippen LogP contribution in [-0.4, -0.2) is 50.5 Å². The molecule has 0 saturated heterocycles. The van der Waals surface area contributed by atoms with Crippen LogP contribution in [-0.2, 0) is 17.8 Å². The molecule has 0 atom stereocenters. The number of alkyl halides is 3. The molecule has 2 aromatic carbocycles. The van der Waals surface area contributed by atoms with Crippen LogP contribution >= 0.6 is 11.3 Å². The average Bonchev–Trinajstić information content (AvgIpc) is 3.35. The number of carbonyl (C=O) groups is 2. The Morgan fingerprint density at radius 1 is 0.973 bits per heavy atom. The van der Waals surface area contributed by atoms with E-state index in [1.807, 2.05) is 12.1 Å². The minimum Gasteiger partial charge on any atom is -0.493 e. The van der Waals surface area contributed by atoms with Crippen LogP contribution in [0.25, 0.3) is 0 Å². The number of rotatable bonds is 12. The number of benzene rings is 2. The third-order valence-corrected chi connectivity index (χ3v) is 5.64. The Morgan fingerprint density at radius 2 is 1.68 bits per heavy atom. The molecule has 198 valence electrons. The summed E-state index contributed by atoms with van der Waals surface area (Å²) in [5.41, 5.74) is 1.20. The second-order valence-corrected chi connectivity index (χ2v) is 8.35. The third kappa shape index (κ3) is 8.86. The number of methoxy groups -OCH3 is 2. The second-order valence-electron chi connectivity index (χ2n) is 7.41. The summed E-state index contributed by atoms with van der Waals surface area (Å²) in [6.45, 7) is 0.122. The molecule has 2 amide bonds. The van der Waals surface area contributed by atoms with Crippen molar-refractivity contribution in [3.05, 3.63) is 64.1 Å². The number of nitrogens with zero attached hydrogens (tertiary/aromatic N) is 1. The molecule has 0 aliphatic carbocycles. The highest BCUT2D eigenvalue weighted by Crippen LogP contribution is 2.27. The summed E-state index contributed by atoms with van der Waals surface area (Å²) >= 11 is 1.22. The monoisotopic (exact) mass is 539 g/mol. The molecular formula is C24H24F3N3O6S. The molecule has 0 spiro atoms. The van der Waals surface area contributed by atoms with Crippen molar-refractivity contribution in [3.63, 3.8) is 0 Å². The summed E-state index contributed by atoms with van der Waals surface area (Å²) in [5, 5.41) is 7.52. The van der Waals surface area contributed by atoms with Gasteiger partial charge in [-0.05, 0) is 48.4 Å². The Hall–Kier alpha value is -4.00. The van der Waals surface area contributed by atoms with Crippen LogP contribution in [0.1, 0.15) is 21.1 Å². The van der Waals surface area contributed by atoms with Gasteiger partial charge >= 0.3 is 6.36 Å². The molecular weight excluding hydrogens is 515 g/mol. The van der Waals surface area contributed by atoms with Crippen LogP contribution in [0.2, 0.25) is 0 Å². The van der Waals surface area contributed by atoms with Gasteiger partial charge in [0.1, 0.15) is 22.2 Å². The van der Waals surface area contributed by atoms with Crippen molar-refractivity contribution in [2.24, 2.45) is 0 Å². The molecule has 1 aromatic heterocycles. The van der Waals surface area contributed by atoms with Gasteiger partial charge in [0.2, 0.25) is 0 Å². The van der Waals surface area contributed by atoms with Crippen molar-refractivity contribution in [1.29, 1.82) is 0 Å².